The summed E-state index contributed by atoms with van der Waals surface area (Å²) in [4.78, 5) is 10.5. The monoisotopic (exact) mass is 482 g/mol. The summed E-state index contributed by atoms with van der Waals surface area (Å²) in [6.45, 7) is 3.53. The number of ether oxygens (including phenoxy) is 2. The highest BCUT2D eigenvalue weighted by molar-refractivity contribution is 5.66. The highest BCUT2D eigenvalue weighted by Crippen LogP contribution is 2.41. The zero-order valence-corrected chi connectivity index (χ0v) is 21.5. The maximum atomic E-state index is 10.6. The number of aliphatic hydroxyl groups is 2. The maximum absolute atomic E-state index is 10.6. The Balaban J connectivity index is 1.70. The fourth-order valence-electron chi connectivity index (χ4n) is 5.64. The molecule has 1 saturated heterocycles. The highest BCUT2D eigenvalue weighted by Gasteiger charge is 2.43. The van der Waals surface area contributed by atoms with Crippen LogP contribution >= 0.6 is 0 Å². The van der Waals surface area contributed by atoms with Gasteiger partial charge in [-0.3, -0.25) is 4.79 Å². The van der Waals surface area contributed by atoms with Crippen LogP contribution in [0.25, 0.3) is 0 Å². The first-order valence-electron chi connectivity index (χ1n) is 14.0. The first-order valence-corrected chi connectivity index (χ1v) is 14.0. The van der Waals surface area contributed by atoms with Crippen molar-refractivity contribution in [2.75, 3.05) is 13.2 Å². The van der Waals surface area contributed by atoms with Crippen LogP contribution in [-0.2, 0) is 14.3 Å². The first kappa shape index (κ1) is 29.3. The molecule has 198 valence electrons. The smallest absolute Gasteiger partial charge is 0.303 e. The summed E-state index contributed by atoms with van der Waals surface area (Å²) in [7, 11) is 0. The number of carboxylic acid groups (broad SMARTS) is 1. The Labute approximate surface area is 207 Å². The van der Waals surface area contributed by atoms with E-state index >= 15 is 0 Å². The first-order chi connectivity index (χ1) is 16.5. The lowest BCUT2D eigenvalue weighted by Crippen LogP contribution is -2.33. The van der Waals surface area contributed by atoms with Crippen LogP contribution in [0.4, 0.5) is 0 Å². The number of aliphatic hydroxyl groups excluding tert-OH is 2. The Morgan fingerprint density at radius 1 is 0.853 bits per heavy atom. The summed E-state index contributed by atoms with van der Waals surface area (Å²) in [5.74, 6) is -1.03. The minimum Gasteiger partial charge on any atom is -0.481 e. The van der Waals surface area contributed by atoms with Crippen LogP contribution in [0.2, 0.25) is 0 Å². The number of hydrogen-bond donors (Lipinski definition) is 3. The molecule has 0 aromatic rings. The Hall–Kier alpha value is -0.950. The van der Waals surface area contributed by atoms with Crippen molar-refractivity contribution >= 4 is 5.97 Å². The lowest BCUT2D eigenvalue weighted by atomic mass is 9.85. The molecule has 0 spiro atoms. The van der Waals surface area contributed by atoms with E-state index in [2.05, 4.69) is 19.1 Å². The van der Waals surface area contributed by atoms with Crippen LogP contribution in [0.3, 0.4) is 0 Å². The molecule has 0 radical (unpaired) electrons. The van der Waals surface area contributed by atoms with Crippen molar-refractivity contribution in [1.29, 1.82) is 0 Å². The molecule has 34 heavy (non-hydrogen) atoms. The Kier molecular flexibility index (Phi) is 14.4. The van der Waals surface area contributed by atoms with Crippen LogP contribution in [0, 0.1) is 11.8 Å². The SMILES string of the molecule is CCCCCCCC1(CC[C@@H]2[C@@H](CC=CCCCCCCCC(=O)O)[C@@H](O)C[C@H]2O)OCCO1. The van der Waals surface area contributed by atoms with Gasteiger partial charge in [0.2, 0.25) is 0 Å². The molecule has 0 unspecified atom stereocenters. The van der Waals surface area contributed by atoms with Gasteiger partial charge in [0.1, 0.15) is 0 Å². The summed E-state index contributed by atoms with van der Waals surface area (Å²) in [5, 5.41) is 29.9. The molecule has 0 aromatic carbocycles. The van der Waals surface area contributed by atoms with Crippen molar-refractivity contribution in [3.8, 4) is 0 Å². The second-order valence-corrected chi connectivity index (χ2v) is 10.4. The normalized spacial score (nSPS) is 26.6. The van der Waals surface area contributed by atoms with Gasteiger partial charge in [0.25, 0.3) is 0 Å². The van der Waals surface area contributed by atoms with Crippen LogP contribution < -0.4 is 0 Å². The molecule has 2 fully saturated rings. The van der Waals surface area contributed by atoms with Gasteiger partial charge in [0, 0.05) is 19.3 Å². The quantitative estimate of drug-likeness (QED) is 0.155. The Morgan fingerprint density at radius 2 is 1.50 bits per heavy atom. The van der Waals surface area contributed by atoms with Crippen LogP contribution in [-0.4, -0.2) is 52.5 Å². The van der Waals surface area contributed by atoms with Gasteiger partial charge >= 0.3 is 5.97 Å². The largest absolute Gasteiger partial charge is 0.481 e. The van der Waals surface area contributed by atoms with E-state index < -0.39 is 24.0 Å². The lowest BCUT2D eigenvalue weighted by molar-refractivity contribution is -0.171. The lowest BCUT2D eigenvalue weighted by Gasteiger charge is -2.31. The number of allylic oxidation sites excluding steroid dienone is 2. The minimum atomic E-state index is -0.707. The van der Waals surface area contributed by atoms with E-state index in [1.165, 1.54) is 25.7 Å². The van der Waals surface area contributed by atoms with Crippen LogP contribution in [0.15, 0.2) is 12.2 Å². The summed E-state index contributed by atoms with van der Waals surface area (Å²) in [5.41, 5.74) is 0. The average molecular weight is 483 g/mol. The summed E-state index contributed by atoms with van der Waals surface area (Å²) in [6, 6.07) is 0. The minimum absolute atomic E-state index is 0.0821. The van der Waals surface area contributed by atoms with E-state index in [-0.39, 0.29) is 18.3 Å². The number of aliphatic carboxylic acids is 1. The van der Waals surface area contributed by atoms with E-state index in [0.717, 1.165) is 70.6 Å². The van der Waals surface area contributed by atoms with E-state index in [4.69, 9.17) is 14.6 Å². The molecule has 6 heteroatoms. The van der Waals surface area contributed by atoms with Crippen molar-refractivity contribution in [1.82, 2.24) is 0 Å². The molecule has 0 bridgehead atoms. The Bertz CT molecular complexity index is 571. The third-order valence-electron chi connectivity index (χ3n) is 7.69. The van der Waals surface area contributed by atoms with Crippen molar-refractivity contribution in [3.63, 3.8) is 0 Å². The summed E-state index contributed by atoms with van der Waals surface area (Å²) >= 11 is 0. The molecule has 0 aromatic heterocycles. The molecule has 0 amide bonds. The predicted molar refractivity (Wildman–Crippen MR) is 135 cm³/mol. The van der Waals surface area contributed by atoms with E-state index in [9.17, 15) is 15.0 Å². The standard InChI is InChI=1S/C28H50O6/c1-2-3-4-11-14-18-28(33-20-21-34-28)19-17-24-23(25(29)22-26(24)30)15-12-9-7-5-6-8-10-13-16-27(31)32/h9,12,23-26,29-30H,2-8,10-11,13-22H2,1H3,(H,31,32)/t23-,24-,25+,26-/m1/s1. The zero-order valence-electron chi connectivity index (χ0n) is 21.5. The number of unbranched alkanes of at least 4 members (excludes halogenated alkanes) is 9. The molecule has 6 nitrogen and oxygen atoms in total. The molecule has 1 aliphatic heterocycles. The molecule has 1 heterocycles. The van der Waals surface area contributed by atoms with Crippen molar-refractivity contribution in [2.45, 2.75) is 134 Å². The van der Waals surface area contributed by atoms with Crippen molar-refractivity contribution in [3.05, 3.63) is 12.2 Å². The molecule has 4 atom stereocenters. The number of hydrogen-bond acceptors (Lipinski definition) is 5. The van der Waals surface area contributed by atoms with Crippen LogP contribution in [0.5, 0.6) is 0 Å². The van der Waals surface area contributed by atoms with Crippen molar-refractivity contribution in [2.24, 2.45) is 11.8 Å². The summed E-state index contributed by atoms with van der Waals surface area (Å²) < 4.78 is 12.1. The molecule has 1 saturated carbocycles. The second kappa shape index (κ2) is 16.7. The van der Waals surface area contributed by atoms with E-state index in [1.807, 2.05) is 0 Å². The molecule has 3 N–H and O–H groups in total. The van der Waals surface area contributed by atoms with Crippen LogP contribution in [0.1, 0.15) is 116 Å². The fraction of sp³-hybridized carbons (Fsp3) is 0.893. The van der Waals surface area contributed by atoms with Gasteiger partial charge in [-0.05, 0) is 56.8 Å². The van der Waals surface area contributed by atoms with Crippen molar-refractivity contribution < 1.29 is 29.6 Å². The van der Waals surface area contributed by atoms with Gasteiger partial charge in [-0.15, -0.1) is 0 Å². The fourth-order valence-corrected chi connectivity index (χ4v) is 5.64. The van der Waals surface area contributed by atoms with Gasteiger partial charge in [0.05, 0.1) is 25.4 Å². The second-order valence-electron chi connectivity index (χ2n) is 10.4. The van der Waals surface area contributed by atoms with E-state index in [1.54, 1.807) is 0 Å². The van der Waals surface area contributed by atoms with Gasteiger partial charge in [-0.25, -0.2) is 0 Å². The van der Waals surface area contributed by atoms with Gasteiger partial charge in [-0.2, -0.15) is 0 Å². The third kappa shape index (κ3) is 10.8. The van der Waals surface area contributed by atoms with Gasteiger partial charge < -0.3 is 24.8 Å². The predicted octanol–water partition coefficient (Wildman–Crippen LogP) is 5.99. The molecule has 2 rings (SSSR count). The average Bonchev–Trinajstić information content (AvgIpc) is 3.37. The molecule has 1 aliphatic carbocycles. The number of carbonyl (C=O) groups is 1. The number of rotatable bonds is 19. The van der Waals surface area contributed by atoms with Gasteiger partial charge in [-0.1, -0.05) is 64.0 Å². The highest BCUT2D eigenvalue weighted by atomic mass is 16.7. The summed E-state index contributed by atoms with van der Waals surface area (Å²) in [6.07, 6.45) is 19.7. The Morgan fingerprint density at radius 3 is 2.24 bits per heavy atom. The van der Waals surface area contributed by atoms with E-state index in [0.29, 0.717) is 19.6 Å². The third-order valence-corrected chi connectivity index (χ3v) is 7.69. The topological polar surface area (TPSA) is 96.2 Å². The maximum Gasteiger partial charge on any atom is 0.303 e. The number of carboxylic acids is 1. The molecular weight excluding hydrogens is 432 g/mol. The molecule has 2 aliphatic rings. The zero-order chi connectivity index (χ0) is 24.7. The molecular formula is C28H50O6. The van der Waals surface area contributed by atoms with Gasteiger partial charge in [0.15, 0.2) is 5.79 Å².